The van der Waals surface area contributed by atoms with Crippen molar-refractivity contribution in [1.29, 1.82) is 0 Å². The summed E-state index contributed by atoms with van der Waals surface area (Å²) in [6.07, 6.45) is -1.95. The predicted octanol–water partition coefficient (Wildman–Crippen LogP) is 8.75. The molecule has 1 heterocycles. The second-order valence-electron chi connectivity index (χ2n) is 11.7. The minimum atomic E-state index is -4.85. The molecule has 8 heteroatoms. The number of aliphatic carboxylic acids is 1. The first kappa shape index (κ1) is 32.3. The van der Waals surface area contributed by atoms with Crippen LogP contribution < -0.4 is 10.1 Å². The molecule has 1 saturated heterocycles. The number of carbonyl (C=O) groups is 1. The Bertz CT molecular complexity index is 1630. The maximum atomic E-state index is 13.4. The molecule has 0 radical (unpaired) electrons. The number of hydrogen-bond donors (Lipinski definition) is 2. The Kier molecular flexibility index (Phi) is 10.3. The van der Waals surface area contributed by atoms with Crippen LogP contribution in [0.5, 0.6) is 5.75 Å². The van der Waals surface area contributed by atoms with Crippen LogP contribution in [0.3, 0.4) is 0 Å². The van der Waals surface area contributed by atoms with Gasteiger partial charge >= 0.3 is 12.3 Å². The normalized spacial score (nSPS) is 13.7. The Morgan fingerprint density at radius 1 is 0.844 bits per heavy atom. The van der Waals surface area contributed by atoms with E-state index in [2.05, 4.69) is 64.3 Å². The summed E-state index contributed by atoms with van der Waals surface area (Å²) in [7, 11) is 0. The largest absolute Gasteiger partial charge is 0.573 e. The van der Waals surface area contributed by atoms with Gasteiger partial charge in [-0.15, -0.1) is 13.2 Å². The molecule has 2 N–H and O–H groups in total. The molecule has 4 aromatic rings. The third-order valence-electron chi connectivity index (χ3n) is 8.49. The first-order valence-electron chi connectivity index (χ1n) is 15.4. The summed E-state index contributed by atoms with van der Waals surface area (Å²) >= 11 is 0. The molecule has 236 valence electrons. The van der Waals surface area contributed by atoms with Crippen molar-refractivity contribution in [2.24, 2.45) is 0 Å². The fourth-order valence-corrected chi connectivity index (χ4v) is 6.14. The number of benzene rings is 4. The molecular formula is C37H39F3N2O3. The number of nitrogens with one attached hydrogen (secondary N) is 1. The first-order chi connectivity index (χ1) is 21.6. The van der Waals surface area contributed by atoms with Gasteiger partial charge in [0.25, 0.3) is 0 Å². The number of carboxylic acids is 1. The number of rotatable bonds is 12. The number of hydrogen-bond acceptors (Lipinski definition) is 4. The molecule has 1 fully saturated rings. The highest BCUT2D eigenvalue weighted by Crippen LogP contribution is 2.38. The van der Waals surface area contributed by atoms with Crippen molar-refractivity contribution in [3.63, 3.8) is 0 Å². The van der Waals surface area contributed by atoms with Crippen LogP contribution in [0, 0.1) is 13.8 Å². The quantitative estimate of drug-likeness (QED) is 0.156. The molecule has 0 amide bonds. The van der Waals surface area contributed by atoms with Crippen molar-refractivity contribution in [2.45, 2.75) is 59.0 Å². The fraction of sp³-hybridized carbons (Fsp3) is 0.324. The Balaban J connectivity index is 1.41. The molecule has 4 aromatic carbocycles. The molecule has 45 heavy (non-hydrogen) atoms. The molecule has 5 nitrogen and oxygen atoms in total. The standard InChI is InChI=1S/C37H39F3N2O3/c1-25-31(28-15-13-27(14-16-28)24-42-20-3-4-21-42)8-5-10-33(25)34-11-6-9-32(26(34)2)29-17-18-30(23-41-19-7-12-36(43)44)35(22-29)45-37(38,39)40/h5-6,8-11,13-18,22,41H,3-4,7,12,19-21,23-24H2,1-2H3,(H,43,44). The summed E-state index contributed by atoms with van der Waals surface area (Å²) < 4.78 is 44.6. The van der Waals surface area contributed by atoms with E-state index >= 15 is 0 Å². The van der Waals surface area contributed by atoms with E-state index in [1.54, 1.807) is 12.1 Å². The molecule has 1 aliphatic heterocycles. The van der Waals surface area contributed by atoms with E-state index in [1.165, 1.54) is 24.5 Å². The van der Waals surface area contributed by atoms with Crippen molar-refractivity contribution in [2.75, 3.05) is 19.6 Å². The van der Waals surface area contributed by atoms with E-state index < -0.39 is 12.3 Å². The van der Waals surface area contributed by atoms with Gasteiger partial charge in [-0.1, -0.05) is 72.8 Å². The number of halogens is 3. The van der Waals surface area contributed by atoms with Gasteiger partial charge in [0, 0.05) is 25.1 Å². The Hall–Kier alpha value is -4.14. The van der Waals surface area contributed by atoms with Crippen LogP contribution in [0.25, 0.3) is 33.4 Å². The first-order valence-corrected chi connectivity index (χ1v) is 15.4. The van der Waals surface area contributed by atoms with E-state index in [4.69, 9.17) is 5.11 Å². The van der Waals surface area contributed by atoms with Crippen LogP contribution in [0.15, 0.2) is 78.9 Å². The summed E-state index contributed by atoms with van der Waals surface area (Å²) in [4.78, 5) is 13.2. The summed E-state index contributed by atoms with van der Waals surface area (Å²) in [5, 5.41) is 11.8. The average molecular weight is 617 g/mol. The number of nitrogens with zero attached hydrogens (tertiary/aromatic N) is 1. The Morgan fingerprint density at radius 3 is 2.02 bits per heavy atom. The van der Waals surface area contributed by atoms with E-state index in [9.17, 15) is 18.0 Å². The average Bonchev–Trinajstić information content (AvgIpc) is 3.51. The molecule has 0 atom stereocenters. The van der Waals surface area contributed by atoms with Crippen LogP contribution in [0.1, 0.15) is 47.9 Å². The summed E-state index contributed by atoms with van der Waals surface area (Å²) in [5.74, 6) is -1.19. The zero-order valence-electron chi connectivity index (χ0n) is 25.7. The van der Waals surface area contributed by atoms with Gasteiger partial charge in [-0.05, 0) is 109 Å². The predicted molar refractivity (Wildman–Crippen MR) is 172 cm³/mol. The third kappa shape index (κ3) is 8.32. The van der Waals surface area contributed by atoms with E-state index in [0.29, 0.717) is 24.1 Å². The molecule has 0 spiro atoms. The zero-order valence-corrected chi connectivity index (χ0v) is 25.7. The van der Waals surface area contributed by atoms with Gasteiger partial charge in [0.05, 0.1) is 0 Å². The van der Waals surface area contributed by atoms with E-state index in [1.807, 2.05) is 25.1 Å². The van der Waals surface area contributed by atoms with Crippen molar-refractivity contribution in [3.05, 3.63) is 101 Å². The lowest BCUT2D eigenvalue weighted by Crippen LogP contribution is -2.21. The minimum Gasteiger partial charge on any atom is -0.481 e. The molecule has 0 aromatic heterocycles. The summed E-state index contributed by atoms with van der Waals surface area (Å²) in [6.45, 7) is 7.89. The van der Waals surface area contributed by atoms with E-state index in [0.717, 1.165) is 58.6 Å². The van der Waals surface area contributed by atoms with Crippen molar-refractivity contribution in [1.82, 2.24) is 10.2 Å². The molecule has 5 rings (SSSR count). The molecule has 0 bridgehead atoms. The monoisotopic (exact) mass is 616 g/mol. The lowest BCUT2D eigenvalue weighted by Gasteiger charge is -2.19. The maximum Gasteiger partial charge on any atom is 0.573 e. The van der Waals surface area contributed by atoms with Crippen molar-refractivity contribution >= 4 is 5.97 Å². The number of alkyl halides is 3. The SMILES string of the molecule is Cc1c(-c2ccc(CN3CCCC3)cc2)cccc1-c1cccc(-c2ccc(CNCCCC(=O)O)c(OC(F)(F)F)c2)c1C. The number of carboxylic acid groups (broad SMARTS) is 1. The summed E-state index contributed by atoms with van der Waals surface area (Å²) in [5.41, 5.74) is 9.55. The number of likely N-dealkylation sites (tertiary alicyclic amines) is 1. The lowest BCUT2D eigenvalue weighted by molar-refractivity contribution is -0.274. The van der Waals surface area contributed by atoms with Crippen LogP contribution in [0.2, 0.25) is 0 Å². The molecule has 1 aliphatic rings. The van der Waals surface area contributed by atoms with Crippen LogP contribution in [0.4, 0.5) is 13.2 Å². The van der Waals surface area contributed by atoms with Gasteiger partial charge in [0.2, 0.25) is 0 Å². The topological polar surface area (TPSA) is 61.8 Å². The zero-order chi connectivity index (χ0) is 32.0. The van der Waals surface area contributed by atoms with Gasteiger partial charge in [0.15, 0.2) is 0 Å². The van der Waals surface area contributed by atoms with Crippen LogP contribution >= 0.6 is 0 Å². The van der Waals surface area contributed by atoms with E-state index in [-0.39, 0.29) is 18.7 Å². The lowest BCUT2D eigenvalue weighted by atomic mass is 9.88. The van der Waals surface area contributed by atoms with Gasteiger partial charge in [0.1, 0.15) is 5.75 Å². The smallest absolute Gasteiger partial charge is 0.481 e. The van der Waals surface area contributed by atoms with Crippen molar-refractivity contribution < 1.29 is 27.8 Å². The Labute approximate surface area is 262 Å². The third-order valence-corrected chi connectivity index (χ3v) is 8.49. The summed E-state index contributed by atoms with van der Waals surface area (Å²) in [6, 6.07) is 25.8. The van der Waals surface area contributed by atoms with Crippen LogP contribution in [-0.4, -0.2) is 42.0 Å². The van der Waals surface area contributed by atoms with Crippen LogP contribution in [-0.2, 0) is 17.9 Å². The highest BCUT2D eigenvalue weighted by molar-refractivity contribution is 5.84. The van der Waals surface area contributed by atoms with Gasteiger partial charge in [-0.3, -0.25) is 9.69 Å². The second kappa shape index (κ2) is 14.3. The molecule has 0 unspecified atom stereocenters. The maximum absolute atomic E-state index is 13.4. The van der Waals surface area contributed by atoms with Gasteiger partial charge < -0.3 is 15.2 Å². The molecule has 0 saturated carbocycles. The molecule has 0 aliphatic carbocycles. The highest BCUT2D eigenvalue weighted by atomic mass is 19.4. The minimum absolute atomic E-state index is 0.0129. The van der Waals surface area contributed by atoms with Gasteiger partial charge in [-0.2, -0.15) is 0 Å². The highest BCUT2D eigenvalue weighted by Gasteiger charge is 2.32. The molecular weight excluding hydrogens is 577 g/mol. The number of ether oxygens (including phenoxy) is 1. The van der Waals surface area contributed by atoms with Gasteiger partial charge in [-0.25, -0.2) is 0 Å². The Morgan fingerprint density at radius 2 is 1.42 bits per heavy atom. The van der Waals surface area contributed by atoms with Crippen molar-refractivity contribution in [3.8, 4) is 39.1 Å². The fourth-order valence-electron chi connectivity index (χ4n) is 6.14. The second-order valence-corrected chi connectivity index (χ2v) is 11.7.